The van der Waals surface area contributed by atoms with E-state index in [4.69, 9.17) is 4.74 Å². The average molecular weight is 480 g/mol. The Kier molecular flexibility index (Phi) is 6.10. The summed E-state index contributed by atoms with van der Waals surface area (Å²) in [6.45, 7) is 4.04. The number of halogens is 1. The molecule has 0 spiro atoms. The number of hydrogen-bond donors (Lipinski definition) is 4. The molecule has 3 atom stereocenters. The molecule has 2 fully saturated rings. The average Bonchev–Trinajstić information content (AvgIpc) is 3.43. The van der Waals surface area contributed by atoms with Crippen molar-refractivity contribution in [2.24, 2.45) is 5.92 Å². The van der Waals surface area contributed by atoms with Gasteiger partial charge in [0.2, 0.25) is 5.91 Å². The zero-order chi connectivity index (χ0) is 24.5. The standard InChI is InChI=1S/C24H26FN7O3/c1-14-3-7-17(8-4-14)31-22-19(12-26-31)23(34)29-24(28-22)32-20(11-15(2)30-32)27-21(33)13-35-18-9-5-16(25)6-10-18/h3-11,19,22,24,26,28H,12-13H2,1-2H3,(H,27,33)(H,29,34). The van der Waals surface area contributed by atoms with E-state index < -0.39 is 12.2 Å². The fourth-order valence-corrected chi connectivity index (χ4v) is 4.21. The normalized spacial score (nSPS) is 21.4. The molecular weight excluding hydrogens is 453 g/mol. The highest BCUT2D eigenvalue weighted by molar-refractivity contribution is 5.91. The topological polar surface area (TPSA) is 113 Å². The highest BCUT2D eigenvalue weighted by Gasteiger charge is 2.45. The monoisotopic (exact) mass is 479 g/mol. The summed E-state index contributed by atoms with van der Waals surface area (Å²) >= 11 is 0. The van der Waals surface area contributed by atoms with Gasteiger partial charge in [-0.05, 0) is 50.2 Å². The molecule has 5 rings (SSSR count). The molecule has 0 saturated carbocycles. The predicted octanol–water partition coefficient (Wildman–Crippen LogP) is 1.80. The molecule has 0 bridgehead atoms. The summed E-state index contributed by atoms with van der Waals surface area (Å²) < 4.78 is 20.0. The summed E-state index contributed by atoms with van der Waals surface area (Å²) in [5, 5.41) is 15.6. The number of nitrogens with one attached hydrogen (secondary N) is 4. The van der Waals surface area contributed by atoms with Crippen LogP contribution in [0.5, 0.6) is 5.75 Å². The number of anilines is 2. The SMILES string of the molecule is Cc1ccc(N2NCC3C(=O)NC(n4nc(C)cc4NC(=O)COc4ccc(F)cc4)NC32)cc1. The molecule has 1 aromatic heterocycles. The maximum absolute atomic E-state index is 13.1. The van der Waals surface area contributed by atoms with Crippen molar-refractivity contribution in [3.8, 4) is 5.75 Å². The molecule has 10 nitrogen and oxygen atoms in total. The second kappa shape index (κ2) is 9.35. The summed E-state index contributed by atoms with van der Waals surface area (Å²) in [5.74, 6) is -0.442. The lowest BCUT2D eigenvalue weighted by Crippen LogP contribution is -2.61. The van der Waals surface area contributed by atoms with Gasteiger partial charge in [-0.2, -0.15) is 5.10 Å². The number of aryl methyl sites for hydroxylation is 2. The second-order valence-corrected chi connectivity index (χ2v) is 8.60. The van der Waals surface area contributed by atoms with E-state index in [9.17, 15) is 14.0 Å². The first-order valence-electron chi connectivity index (χ1n) is 11.3. The van der Waals surface area contributed by atoms with E-state index in [2.05, 4.69) is 26.5 Å². The smallest absolute Gasteiger partial charge is 0.263 e. The van der Waals surface area contributed by atoms with Crippen LogP contribution >= 0.6 is 0 Å². The molecule has 2 aliphatic rings. The van der Waals surface area contributed by atoms with Gasteiger partial charge in [-0.3, -0.25) is 19.9 Å². The van der Waals surface area contributed by atoms with Crippen LogP contribution in [-0.2, 0) is 9.59 Å². The van der Waals surface area contributed by atoms with Crippen LogP contribution in [0.15, 0.2) is 54.6 Å². The molecule has 2 aromatic carbocycles. The number of hydrazine groups is 1. The van der Waals surface area contributed by atoms with Crippen LogP contribution in [0.25, 0.3) is 0 Å². The molecule has 35 heavy (non-hydrogen) atoms. The van der Waals surface area contributed by atoms with Crippen LogP contribution in [0.4, 0.5) is 15.9 Å². The molecule has 2 amide bonds. The van der Waals surface area contributed by atoms with Gasteiger partial charge < -0.3 is 15.4 Å². The zero-order valence-electron chi connectivity index (χ0n) is 19.3. The predicted molar refractivity (Wildman–Crippen MR) is 127 cm³/mol. The zero-order valence-corrected chi connectivity index (χ0v) is 19.3. The second-order valence-electron chi connectivity index (χ2n) is 8.60. The van der Waals surface area contributed by atoms with Gasteiger partial charge in [0.15, 0.2) is 12.9 Å². The number of carbonyl (C=O) groups excluding carboxylic acids is 2. The number of amides is 2. The van der Waals surface area contributed by atoms with Crippen molar-refractivity contribution < 1.29 is 18.7 Å². The lowest BCUT2D eigenvalue weighted by atomic mass is 10.0. The molecule has 11 heteroatoms. The molecule has 0 radical (unpaired) electrons. The number of aromatic nitrogens is 2. The Bertz CT molecular complexity index is 1230. The maximum atomic E-state index is 13.1. The molecule has 3 aromatic rings. The molecular formula is C24H26FN7O3. The van der Waals surface area contributed by atoms with Crippen molar-refractivity contribution in [1.29, 1.82) is 0 Å². The van der Waals surface area contributed by atoms with E-state index in [1.807, 2.05) is 36.2 Å². The highest BCUT2D eigenvalue weighted by atomic mass is 19.1. The van der Waals surface area contributed by atoms with E-state index in [0.717, 1.165) is 11.3 Å². The third-order valence-corrected chi connectivity index (χ3v) is 5.95. The Hall–Kier alpha value is -3.96. The number of rotatable bonds is 6. The summed E-state index contributed by atoms with van der Waals surface area (Å²) in [5.41, 5.74) is 6.04. The summed E-state index contributed by atoms with van der Waals surface area (Å²) in [4.78, 5) is 25.5. The van der Waals surface area contributed by atoms with Gasteiger partial charge in [-0.1, -0.05) is 17.7 Å². The Morgan fingerprint density at radius 3 is 2.66 bits per heavy atom. The molecule has 182 valence electrons. The number of carbonyl (C=O) groups is 2. The van der Waals surface area contributed by atoms with E-state index in [0.29, 0.717) is 23.8 Å². The largest absolute Gasteiger partial charge is 0.484 e. The van der Waals surface area contributed by atoms with Gasteiger partial charge in [0.1, 0.15) is 23.6 Å². The first kappa shape index (κ1) is 22.8. The summed E-state index contributed by atoms with van der Waals surface area (Å²) in [6.07, 6.45) is -0.995. The van der Waals surface area contributed by atoms with Gasteiger partial charge in [-0.25, -0.2) is 14.5 Å². The van der Waals surface area contributed by atoms with Gasteiger partial charge in [0.25, 0.3) is 5.91 Å². The lowest BCUT2D eigenvalue weighted by molar-refractivity contribution is -0.129. The van der Waals surface area contributed by atoms with Gasteiger partial charge in [0.05, 0.1) is 17.3 Å². The first-order chi connectivity index (χ1) is 16.9. The van der Waals surface area contributed by atoms with E-state index in [-0.39, 0.29) is 30.4 Å². The quantitative estimate of drug-likeness (QED) is 0.427. The van der Waals surface area contributed by atoms with E-state index >= 15 is 0 Å². The van der Waals surface area contributed by atoms with Crippen molar-refractivity contribution in [3.63, 3.8) is 0 Å². The lowest BCUT2D eigenvalue weighted by Gasteiger charge is -2.37. The van der Waals surface area contributed by atoms with Crippen LogP contribution in [0.2, 0.25) is 0 Å². The Balaban J connectivity index is 1.30. The van der Waals surface area contributed by atoms with Crippen molar-refractivity contribution >= 4 is 23.3 Å². The fourth-order valence-electron chi connectivity index (χ4n) is 4.21. The molecule has 3 unspecified atom stereocenters. The third kappa shape index (κ3) is 4.81. The number of nitrogens with zero attached hydrogens (tertiary/aromatic N) is 3. The van der Waals surface area contributed by atoms with Crippen molar-refractivity contribution in [2.75, 3.05) is 23.5 Å². The Morgan fingerprint density at radius 2 is 1.91 bits per heavy atom. The number of hydrogen-bond acceptors (Lipinski definition) is 7. The van der Waals surface area contributed by atoms with Crippen molar-refractivity contribution in [2.45, 2.75) is 26.3 Å². The molecule has 3 heterocycles. The summed E-state index contributed by atoms with van der Waals surface area (Å²) in [6, 6.07) is 15.2. The number of fused-ring (bicyclic) bond motifs is 1. The van der Waals surface area contributed by atoms with Crippen molar-refractivity contribution in [3.05, 3.63) is 71.7 Å². The minimum atomic E-state index is -0.682. The fraction of sp³-hybridized carbons (Fsp3) is 0.292. The van der Waals surface area contributed by atoms with Crippen LogP contribution in [0.1, 0.15) is 17.5 Å². The van der Waals surface area contributed by atoms with Crippen LogP contribution in [0.3, 0.4) is 0 Å². The van der Waals surface area contributed by atoms with E-state index in [1.54, 1.807) is 13.0 Å². The highest BCUT2D eigenvalue weighted by Crippen LogP contribution is 2.28. The van der Waals surface area contributed by atoms with Crippen LogP contribution in [-0.4, -0.2) is 40.9 Å². The minimum absolute atomic E-state index is 0.120. The number of ether oxygens (including phenoxy) is 1. The summed E-state index contributed by atoms with van der Waals surface area (Å²) in [7, 11) is 0. The molecule has 4 N–H and O–H groups in total. The molecule has 0 aliphatic carbocycles. The van der Waals surface area contributed by atoms with Crippen LogP contribution < -0.4 is 31.1 Å². The van der Waals surface area contributed by atoms with Crippen molar-refractivity contribution in [1.82, 2.24) is 25.8 Å². The van der Waals surface area contributed by atoms with Gasteiger partial charge in [0, 0.05) is 12.6 Å². The van der Waals surface area contributed by atoms with Gasteiger partial charge in [-0.15, -0.1) is 0 Å². The number of benzene rings is 2. The van der Waals surface area contributed by atoms with Crippen LogP contribution in [0, 0.1) is 25.6 Å². The minimum Gasteiger partial charge on any atom is -0.484 e. The molecule has 2 aliphatic heterocycles. The maximum Gasteiger partial charge on any atom is 0.263 e. The van der Waals surface area contributed by atoms with E-state index in [1.165, 1.54) is 28.9 Å². The third-order valence-electron chi connectivity index (χ3n) is 5.95. The Labute approximate surface area is 201 Å². The van der Waals surface area contributed by atoms with Gasteiger partial charge >= 0.3 is 0 Å². The molecule has 2 saturated heterocycles. The first-order valence-corrected chi connectivity index (χ1v) is 11.3. The Morgan fingerprint density at radius 1 is 1.17 bits per heavy atom.